The van der Waals surface area contributed by atoms with Crippen molar-refractivity contribution in [2.75, 3.05) is 5.32 Å². The van der Waals surface area contributed by atoms with Gasteiger partial charge < -0.3 is 5.32 Å². The van der Waals surface area contributed by atoms with Gasteiger partial charge in [0, 0.05) is 16.2 Å². The molecule has 0 atom stereocenters. The molecule has 1 aromatic rings. The van der Waals surface area contributed by atoms with Crippen LogP contribution in [0.1, 0.15) is 20.8 Å². The Morgan fingerprint density at radius 2 is 2.00 bits per heavy atom. The molecule has 0 aliphatic heterocycles. The van der Waals surface area contributed by atoms with Gasteiger partial charge in [-0.1, -0.05) is 0 Å². The molecule has 0 radical (unpaired) electrons. The lowest BCUT2D eigenvalue weighted by Crippen LogP contribution is -2.26. The molecule has 66 valence electrons. The van der Waals surface area contributed by atoms with Crippen molar-refractivity contribution < 1.29 is 0 Å². The molecule has 0 spiro atoms. The summed E-state index contributed by atoms with van der Waals surface area (Å²) in [6, 6.07) is 3.93. The Bertz CT molecular complexity index is 248. The first-order valence-electron chi connectivity index (χ1n) is 3.87. The van der Waals surface area contributed by atoms with Crippen LogP contribution in [-0.2, 0) is 0 Å². The Morgan fingerprint density at radius 1 is 1.33 bits per heavy atom. The largest absolute Gasteiger partial charge is 0.365 e. The second-order valence-electron chi connectivity index (χ2n) is 3.74. The van der Waals surface area contributed by atoms with E-state index in [1.54, 1.807) is 6.20 Å². The van der Waals surface area contributed by atoms with Crippen molar-refractivity contribution in [2.45, 2.75) is 26.3 Å². The summed E-state index contributed by atoms with van der Waals surface area (Å²) >= 11 is 3.33. The third-order valence-electron chi connectivity index (χ3n) is 1.23. The van der Waals surface area contributed by atoms with Crippen molar-refractivity contribution in [3.63, 3.8) is 0 Å². The van der Waals surface area contributed by atoms with Crippen LogP contribution in [0.4, 0.5) is 5.82 Å². The Morgan fingerprint density at radius 3 is 2.42 bits per heavy atom. The highest BCUT2D eigenvalue weighted by Gasteiger charge is 2.08. The van der Waals surface area contributed by atoms with Crippen molar-refractivity contribution in [2.24, 2.45) is 0 Å². The zero-order chi connectivity index (χ0) is 9.19. The first-order chi connectivity index (χ1) is 5.47. The average molecular weight is 229 g/mol. The van der Waals surface area contributed by atoms with Crippen molar-refractivity contribution in [3.05, 3.63) is 22.8 Å². The molecular formula is C9H13BrN2. The maximum absolute atomic E-state index is 4.21. The minimum Gasteiger partial charge on any atom is -0.365 e. The van der Waals surface area contributed by atoms with E-state index in [9.17, 15) is 0 Å². The van der Waals surface area contributed by atoms with Gasteiger partial charge in [-0.05, 0) is 48.8 Å². The summed E-state index contributed by atoms with van der Waals surface area (Å²) in [5, 5.41) is 3.28. The molecule has 1 aromatic heterocycles. The summed E-state index contributed by atoms with van der Waals surface area (Å²) in [4.78, 5) is 4.21. The van der Waals surface area contributed by atoms with Crippen LogP contribution >= 0.6 is 15.9 Å². The molecule has 0 saturated carbocycles. The van der Waals surface area contributed by atoms with Crippen LogP contribution in [0.3, 0.4) is 0 Å². The Labute approximate surface area is 81.5 Å². The van der Waals surface area contributed by atoms with E-state index >= 15 is 0 Å². The van der Waals surface area contributed by atoms with Crippen molar-refractivity contribution in [1.29, 1.82) is 0 Å². The van der Waals surface area contributed by atoms with Gasteiger partial charge in [0.05, 0.1) is 0 Å². The van der Waals surface area contributed by atoms with Gasteiger partial charge in [0.1, 0.15) is 5.82 Å². The molecule has 3 heteroatoms. The molecule has 0 aliphatic carbocycles. The molecular weight excluding hydrogens is 216 g/mol. The van der Waals surface area contributed by atoms with E-state index in [0.717, 1.165) is 10.3 Å². The number of rotatable bonds is 1. The fourth-order valence-corrected chi connectivity index (χ4v) is 1.07. The SMILES string of the molecule is CC(C)(C)Nc1ccc(Br)cn1. The second-order valence-corrected chi connectivity index (χ2v) is 4.65. The van der Waals surface area contributed by atoms with E-state index < -0.39 is 0 Å². The third kappa shape index (κ3) is 3.22. The fraction of sp³-hybridized carbons (Fsp3) is 0.444. The molecule has 0 fully saturated rings. The molecule has 0 aliphatic rings. The molecule has 0 aromatic carbocycles. The highest BCUT2D eigenvalue weighted by Crippen LogP contribution is 2.14. The fourth-order valence-electron chi connectivity index (χ4n) is 0.834. The first-order valence-corrected chi connectivity index (χ1v) is 4.66. The lowest BCUT2D eigenvalue weighted by Gasteiger charge is -2.20. The van der Waals surface area contributed by atoms with E-state index in [-0.39, 0.29) is 5.54 Å². The summed E-state index contributed by atoms with van der Waals surface area (Å²) < 4.78 is 1.00. The van der Waals surface area contributed by atoms with Gasteiger partial charge in [-0.25, -0.2) is 4.98 Å². The number of aromatic nitrogens is 1. The van der Waals surface area contributed by atoms with E-state index in [1.807, 2.05) is 12.1 Å². The average Bonchev–Trinajstić information content (AvgIpc) is 1.91. The number of nitrogens with zero attached hydrogens (tertiary/aromatic N) is 1. The monoisotopic (exact) mass is 228 g/mol. The molecule has 0 saturated heterocycles. The number of hydrogen-bond acceptors (Lipinski definition) is 2. The summed E-state index contributed by atoms with van der Waals surface area (Å²) in [6.07, 6.45) is 1.79. The molecule has 12 heavy (non-hydrogen) atoms. The summed E-state index contributed by atoms with van der Waals surface area (Å²) in [6.45, 7) is 6.32. The lowest BCUT2D eigenvalue weighted by atomic mass is 10.1. The first kappa shape index (κ1) is 9.52. The molecule has 0 bridgehead atoms. The normalized spacial score (nSPS) is 11.3. The Kier molecular flexibility index (Phi) is 2.73. The predicted molar refractivity (Wildman–Crippen MR) is 55.3 cm³/mol. The molecule has 0 unspecified atom stereocenters. The minimum absolute atomic E-state index is 0.0703. The van der Waals surface area contributed by atoms with Crippen LogP contribution < -0.4 is 5.32 Å². The van der Waals surface area contributed by atoms with Crippen LogP contribution in [0, 0.1) is 0 Å². The third-order valence-corrected chi connectivity index (χ3v) is 1.70. The number of anilines is 1. The predicted octanol–water partition coefficient (Wildman–Crippen LogP) is 3.05. The molecule has 2 nitrogen and oxygen atoms in total. The summed E-state index contributed by atoms with van der Waals surface area (Å²) in [5.74, 6) is 0.908. The maximum Gasteiger partial charge on any atom is 0.126 e. The number of nitrogens with one attached hydrogen (secondary N) is 1. The highest BCUT2D eigenvalue weighted by atomic mass is 79.9. The van der Waals surface area contributed by atoms with E-state index in [0.29, 0.717) is 0 Å². The smallest absolute Gasteiger partial charge is 0.126 e. The van der Waals surface area contributed by atoms with E-state index in [2.05, 4.69) is 47.0 Å². The van der Waals surface area contributed by atoms with Gasteiger partial charge in [-0.15, -0.1) is 0 Å². The molecule has 1 N–H and O–H groups in total. The lowest BCUT2D eigenvalue weighted by molar-refractivity contribution is 0.630. The van der Waals surface area contributed by atoms with Gasteiger partial charge in [0.15, 0.2) is 0 Å². The van der Waals surface area contributed by atoms with Crippen molar-refractivity contribution in [1.82, 2.24) is 4.98 Å². The van der Waals surface area contributed by atoms with Crippen LogP contribution in [0.2, 0.25) is 0 Å². The van der Waals surface area contributed by atoms with Gasteiger partial charge in [-0.3, -0.25) is 0 Å². The van der Waals surface area contributed by atoms with Crippen LogP contribution in [0.5, 0.6) is 0 Å². The minimum atomic E-state index is 0.0703. The number of hydrogen-bond donors (Lipinski definition) is 1. The molecule has 1 rings (SSSR count). The van der Waals surface area contributed by atoms with Gasteiger partial charge in [-0.2, -0.15) is 0 Å². The Balaban J connectivity index is 2.71. The van der Waals surface area contributed by atoms with Crippen molar-refractivity contribution >= 4 is 21.7 Å². The standard InChI is InChI=1S/C9H13BrN2/c1-9(2,3)12-8-5-4-7(10)6-11-8/h4-6H,1-3H3,(H,11,12). The van der Waals surface area contributed by atoms with Crippen LogP contribution in [0.15, 0.2) is 22.8 Å². The van der Waals surface area contributed by atoms with E-state index in [4.69, 9.17) is 0 Å². The number of pyridine rings is 1. The molecule has 1 heterocycles. The van der Waals surface area contributed by atoms with Crippen LogP contribution in [-0.4, -0.2) is 10.5 Å². The van der Waals surface area contributed by atoms with Crippen LogP contribution in [0.25, 0.3) is 0 Å². The zero-order valence-corrected chi connectivity index (χ0v) is 9.14. The summed E-state index contributed by atoms with van der Waals surface area (Å²) in [7, 11) is 0. The topological polar surface area (TPSA) is 24.9 Å². The Hall–Kier alpha value is -0.570. The molecule has 0 amide bonds. The zero-order valence-electron chi connectivity index (χ0n) is 7.56. The van der Waals surface area contributed by atoms with Gasteiger partial charge in [0.25, 0.3) is 0 Å². The van der Waals surface area contributed by atoms with Crippen molar-refractivity contribution in [3.8, 4) is 0 Å². The van der Waals surface area contributed by atoms with Gasteiger partial charge >= 0.3 is 0 Å². The highest BCUT2D eigenvalue weighted by molar-refractivity contribution is 9.10. The number of halogens is 1. The second kappa shape index (κ2) is 3.44. The summed E-state index contributed by atoms with van der Waals surface area (Å²) in [5.41, 5.74) is 0.0703. The van der Waals surface area contributed by atoms with Gasteiger partial charge in [0.2, 0.25) is 0 Å². The quantitative estimate of drug-likeness (QED) is 0.800. The van der Waals surface area contributed by atoms with E-state index in [1.165, 1.54) is 0 Å². The maximum atomic E-state index is 4.21.